The molecule has 1 aliphatic rings. The molecule has 2 N–H and O–H groups in total. The van der Waals surface area contributed by atoms with Gasteiger partial charge in [0.2, 0.25) is 0 Å². The lowest BCUT2D eigenvalue weighted by Gasteiger charge is -2.30. The molecule has 174 valence electrons. The van der Waals surface area contributed by atoms with Crippen LogP contribution in [0.2, 0.25) is 0 Å². The number of rotatable bonds is 6. The predicted molar refractivity (Wildman–Crippen MR) is 133 cm³/mol. The summed E-state index contributed by atoms with van der Waals surface area (Å²) < 4.78 is 0. The number of nitro groups is 1. The maximum Gasteiger partial charge on any atom is 0.270 e. The smallest absolute Gasteiger partial charge is 0.270 e. The minimum atomic E-state index is -0.498. The van der Waals surface area contributed by atoms with E-state index in [4.69, 9.17) is 0 Å². The van der Waals surface area contributed by atoms with Crippen molar-refractivity contribution >= 4 is 34.6 Å². The van der Waals surface area contributed by atoms with Crippen LogP contribution in [0.3, 0.4) is 0 Å². The van der Waals surface area contributed by atoms with Gasteiger partial charge in [-0.2, -0.15) is 0 Å². The molecule has 8 heteroatoms. The summed E-state index contributed by atoms with van der Waals surface area (Å²) in [5, 5.41) is 17.1. The molecular weight excluding hydrogens is 432 g/mol. The molecule has 1 heterocycles. The zero-order valence-electron chi connectivity index (χ0n) is 18.9. The number of nitro benzene ring substituents is 1. The number of non-ortho nitro benzene ring substituents is 1. The van der Waals surface area contributed by atoms with Gasteiger partial charge >= 0.3 is 0 Å². The summed E-state index contributed by atoms with van der Waals surface area (Å²) in [7, 11) is 0. The Morgan fingerprint density at radius 1 is 0.853 bits per heavy atom. The molecule has 0 radical (unpaired) electrons. The number of benzene rings is 3. The first-order chi connectivity index (χ1) is 16.4. The summed E-state index contributed by atoms with van der Waals surface area (Å²) in [5.41, 5.74) is 3.12. The Morgan fingerprint density at radius 2 is 1.50 bits per heavy atom. The number of carbonyl (C=O) groups excluding carboxylic acids is 2. The topological polar surface area (TPSA) is 105 Å². The first-order valence-corrected chi connectivity index (χ1v) is 11.2. The normalized spacial score (nSPS) is 13.3. The number of carbonyl (C=O) groups is 2. The van der Waals surface area contributed by atoms with E-state index in [0.717, 1.165) is 32.4 Å². The third kappa shape index (κ3) is 5.06. The molecule has 1 aliphatic heterocycles. The maximum atomic E-state index is 13.3. The average Bonchev–Trinajstić information content (AvgIpc) is 2.87. The molecular formula is C26H26N4O4. The molecule has 1 saturated heterocycles. The summed E-state index contributed by atoms with van der Waals surface area (Å²) in [5.74, 6) is -0.683. The quantitative estimate of drug-likeness (QED) is 0.380. The van der Waals surface area contributed by atoms with Crippen LogP contribution in [0.15, 0.2) is 66.7 Å². The van der Waals surface area contributed by atoms with E-state index in [1.165, 1.54) is 12.1 Å². The van der Waals surface area contributed by atoms with Gasteiger partial charge in [-0.05, 0) is 62.1 Å². The summed E-state index contributed by atoms with van der Waals surface area (Å²) in [6.07, 6.45) is 3.16. The summed E-state index contributed by atoms with van der Waals surface area (Å²) in [4.78, 5) is 38.9. The van der Waals surface area contributed by atoms with Crippen molar-refractivity contribution in [3.8, 4) is 0 Å². The minimum absolute atomic E-state index is 0.133. The zero-order chi connectivity index (χ0) is 24.1. The fraction of sp³-hybridized carbons (Fsp3) is 0.231. The molecule has 8 nitrogen and oxygen atoms in total. The Labute approximate surface area is 197 Å². The molecule has 0 unspecified atom stereocenters. The van der Waals surface area contributed by atoms with E-state index in [1.807, 2.05) is 6.07 Å². The van der Waals surface area contributed by atoms with Gasteiger partial charge in [0, 0.05) is 42.2 Å². The minimum Gasteiger partial charge on any atom is -0.371 e. The number of piperidine rings is 1. The highest BCUT2D eigenvalue weighted by Crippen LogP contribution is 2.30. The Kier molecular flexibility index (Phi) is 6.87. The van der Waals surface area contributed by atoms with Crippen molar-refractivity contribution in [2.45, 2.75) is 26.2 Å². The number of anilines is 3. The van der Waals surface area contributed by atoms with Crippen molar-refractivity contribution in [2.24, 2.45) is 0 Å². The lowest BCUT2D eigenvalue weighted by atomic mass is 10.1. The monoisotopic (exact) mass is 458 g/mol. The van der Waals surface area contributed by atoms with E-state index in [2.05, 4.69) is 15.5 Å². The maximum absolute atomic E-state index is 13.3. The molecule has 0 atom stereocenters. The standard InChI is InChI=1S/C26H26N4O4/c1-18-22(27-25(31)19-9-4-2-5-10-19)11-8-12-23(18)28-26(32)21-17-20(30(33)34)13-14-24(21)29-15-6-3-7-16-29/h2,4-5,8-14,17H,3,6-7,15-16H2,1H3,(H,27,31)(H,28,32). The molecule has 3 aromatic carbocycles. The molecule has 34 heavy (non-hydrogen) atoms. The Bertz CT molecular complexity index is 1220. The van der Waals surface area contributed by atoms with Gasteiger partial charge in [-0.25, -0.2) is 0 Å². The highest BCUT2D eigenvalue weighted by Gasteiger charge is 2.22. The Morgan fingerprint density at radius 3 is 2.15 bits per heavy atom. The van der Waals surface area contributed by atoms with E-state index in [0.29, 0.717) is 28.2 Å². The number of amides is 2. The molecule has 3 aromatic rings. The Balaban J connectivity index is 1.60. The second-order valence-corrected chi connectivity index (χ2v) is 8.26. The second-order valence-electron chi connectivity index (χ2n) is 8.26. The average molecular weight is 459 g/mol. The van der Waals surface area contributed by atoms with Crippen molar-refractivity contribution in [1.82, 2.24) is 0 Å². The SMILES string of the molecule is Cc1c(NC(=O)c2ccccc2)cccc1NC(=O)c1cc([N+](=O)[O-])ccc1N1CCCCC1. The highest BCUT2D eigenvalue weighted by atomic mass is 16.6. The van der Waals surface area contributed by atoms with Crippen LogP contribution in [-0.2, 0) is 0 Å². The number of hydrogen-bond acceptors (Lipinski definition) is 5. The van der Waals surface area contributed by atoms with E-state index in [-0.39, 0.29) is 17.2 Å². The largest absolute Gasteiger partial charge is 0.371 e. The van der Waals surface area contributed by atoms with Gasteiger partial charge < -0.3 is 15.5 Å². The summed E-state index contributed by atoms with van der Waals surface area (Å²) >= 11 is 0. The number of hydrogen-bond donors (Lipinski definition) is 2. The third-order valence-electron chi connectivity index (χ3n) is 6.00. The molecule has 0 aromatic heterocycles. The van der Waals surface area contributed by atoms with Crippen molar-refractivity contribution in [1.29, 1.82) is 0 Å². The van der Waals surface area contributed by atoms with Crippen LogP contribution in [0.5, 0.6) is 0 Å². The lowest BCUT2D eigenvalue weighted by Crippen LogP contribution is -2.31. The molecule has 2 amide bonds. The van der Waals surface area contributed by atoms with Crippen molar-refractivity contribution in [3.05, 3.63) is 93.5 Å². The molecule has 1 fully saturated rings. The molecule has 0 saturated carbocycles. The first-order valence-electron chi connectivity index (χ1n) is 11.2. The van der Waals surface area contributed by atoms with E-state index < -0.39 is 10.8 Å². The van der Waals surface area contributed by atoms with Gasteiger partial charge in [0.25, 0.3) is 17.5 Å². The Hall–Kier alpha value is -4.20. The third-order valence-corrected chi connectivity index (χ3v) is 6.00. The van der Waals surface area contributed by atoms with E-state index in [1.54, 1.807) is 55.5 Å². The van der Waals surface area contributed by atoms with Crippen LogP contribution in [0.25, 0.3) is 0 Å². The molecule has 0 spiro atoms. The van der Waals surface area contributed by atoms with Gasteiger partial charge in [0.15, 0.2) is 0 Å². The van der Waals surface area contributed by atoms with Crippen LogP contribution < -0.4 is 15.5 Å². The second kappa shape index (κ2) is 10.2. The van der Waals surface area contributed by atoms with Gasteiger partial charge in [0.1, 0.15) is 0 Å². The molecule has 4 rings (SSSR count). The zero-order valence-corrected chi connectivity index (χ0v) is 18.9. The molecule has 0 aliphatic carbocycles. The first kappa shape index (κ1) is 23.0. The van der Waals surface area contributed by atoms with Gasteiger partial charge in [-0.3, -0.25) is 19.7 Å². The number of nitrogens with zero attached hydrogens (tertiary/aromatic N) is 2. The van der Waals surface area contributed by atoms with Crippen LogP contribution >= 0.6 is 0 Å². The van der Waals surface area contributed by atoms with Gasteiger partial charge in [-0.1, -0.05) is 24.3 Å². The van der Waals surface area contributed by atoms with E-state index in [9.17, 15) is 19.7 Å². The molecule has 0 bridgehead atoms. The van der Waals surface area contributed by atoms with Crippen molar-refractivity contribution in [2.75, 3.05) is 28.6 Å². The lowest BCUT2D eigenvalue weighted by molar-refractivity contribution is -0.384. The van der Waals surface area contributed by atoms with Crippen molar-refractivity contribution in [3.63, 3.8) is 0 Å². The van der Waals surface area contributed by atoms with Crippen LogP contribution in [0, 0.1) is 17.0 Å². The number of nitrogens with one attached hydrogen (secondary N) is 2. The fourth-order valence-corrected chi connectivity index (χ4v) is 4.11. The van der Waals surface area contributed by atoms with Gasteiger partial charge in [-0.15, -0.1) is 0 Å². The summed E-state index contributed by atoms with van der Waals surface area (Å²) in [6, 6.07) is 18.5. The van der Waals surface area contributed by atoms with Crippen LogP contribution in [0.4, 0.5) is 22.7 Å². The van der Waals surface area contributed by atoms with Gasteiger partial charge in [0.05, 0.1) is 16.2 Å². The van der Waals surface area contributed by atoms with E-state index >= 15 is 0 Å². The van der Waals surface area contributed by atoms with Crippen LogP contribution in [0.1, 0.15) is 45.5 Å². The summed E-state index contributed by atoms with van der Waals surface area (Å²) in [6.45, 7) is 3.41. The highest BCUT2D eigenvalue weighted by molar-refractivity contribution is 6.10. The predicted octanol–water partition coefficient (Wildman–Crippen LogP) is 5.40. The fourth-order valence-electron chi connectivity index (χ4n) is 4.11. The van der Waals surface area contributed by atoms with Crippen molar-refractivity contribution < 1.29 is 14.5 Å². The van der Waals surface area contributed by atoms with Crippen LogP contribution in [-0.4, -0.2) is 29.8 Å².